The van der Waals surface area contributed by atoms with Crippen molar-refractivity contribution in [3.8, 4) is 0 Å². The Morgan fingerprint density at radius 2 is 1.73 bits per heavy atom. The molecule has 0 saturated heterocycles. The Bertz CT molecular complexity index is 681. The van der Waals surface area contributed by atoms with Gasteiger partial charge in [-0.3, -0.25) is 4.79 Å². The van der Waals surface area contributed by atoms with E-state index in [1.54, 1.807) is 6.08 Å². The third-order valence-electron chi connectivity index (χ3n) is 3.67. The Balaban J connectivity index is 2.01. The van der Waals surface area contributed by atoms with Crippen molar-refractivity contribution in [1.82, 2.24) is 0 Å². The van der Waals surface area contributed by atoms with Gasteiger partial charge in [0.25, 0.3) is 0 Å². The monoisotopic (exact) mass is 293 g/mol. The maximum Gasteiger partial charge on any atom is 0.248 e. The number of rotatable bonds is 4. The molecule has 0 aliphatic rings. The zero-order valence-electron chi connectivity index (χ0n) is 13.7. The SMILES string of the molecule is Cc1ccc(NC(=O)/C=C/c2ccc(C(C)C)cc2)c(C)c1. The van der Waals surface area contributed by atoms with Crippen molar-refractivity contribution in [3.05, 3.63) is 70.8 Å². The lowest BCUT2D eigenvalue weighted by Gasteiger charge is -2.07. The van der Waals surface area contributed by atoms with Crippen molar-refractivity contribution < 1.29 is 4.79 Å². The molecule has 0 heterocycles. The van der Waals surface area contributed by atoms with E-state index < -0.39 is 0 Å². The van der Waals surface area contributed by atoms with Gasteiger partial charge >= 0.3 is 0 Å². The number of anilines is 1. The van der Waals surface area contributed by atoms with E-state index in [0.29, 0.717) is 5.92 Å². The highest BCUT2D eigenvalue weighted by atomic mass is 16.1. The van der Waals surface area contributed by atoms with Crippen LogP contribution in [0.15, 0.2) is 48.5 Å². The van der Waals surface area contributed by atoms with Gasteiger partial charge in [-0.05, 0) is 48.6 Å². The second-order valence-corrected chi connectivity index (χ2v) is 5.96. The molecule has 0 aliphatic heterocycles. The van der Waals surface area contributed by atoms with Gasteiger partial charge in [0.2, 0.25) is 5.91 Å². The quantitative estimate of drug-likeness (QED) is 0.783. The summed E-state index contributed by atoms with van der Waals surface area (Å²) in [7, 11) is 0. The standard InChI is InChI=1S/C20H23NO/c1-14(2)18-9-6-17(7-10-18)8-12-20(22)21-19-11-5-15(3)13-16(19)4/h5-14H,1-4H3,(H,21,22)/b12-8+. The van der Waals surface area contributed by atoms with E-state index in [9.17, 15) is 4.79 Å². The van der Waals surface area contributed by atoms with E-state index >= 15 is 0 Å². The Labute approximate surface area is 132 Å². The van der Waals surface area contributed by atoms with Crippen LogP contribution in [0.1, 0.15) is 42.0 Å². The van der Waals surface area contributed by atoms with Crippen molar-refractivity contribution >= 4 is 17.7 Å². The average Bonchev–Trinajstić information content (AvgIpc) is 2.48. The first-order valence-electron chi connectivity index (χ1n) is 7.62. The van der Waals surface area contributed by atoms with Crippen LogP contribution in [0, 0.1) is 13.8 Å². The summed E-state index contributed by atoms with van der Waals surface area (Å²) >= 11 is 0. The molecule has 0 atom stereocenters. The summed E-state index contributed by atoms with van der Waals surface area (Å²) in [4.78, 5) is 12.0. The maximum absolute atomic E-state index is 12.0. The van der Waals surface area contributed by atoms with Crippen LogP contribution in [0.2, 0.25) is 0 Å². The largest absolute Gasteiger partial charge is 0.322 e. The lowest BCUT2D eigenvalue weighted by atomic mass is 10.0. The average molecular weight is 293 g/mol. The molecule has 0 aromatic heterocycles. The van der Waals surface area contributed by atoms with E-state index in [1.165, 1.54) is 11.1 Å². The van der Waals surface area contributed by atoms with Gasteiger partial charge < -0.3 is 5.32 Å². The van der Waals surface area contributed by atoms with E-state index in [0.717, 1.165) is 16.8 Å². The number of benzene rings is 2. The first-order chi connectivity index (χ1) is 10.5. The Morgan fingerprint density at radius 3 is 2.32 bits per heavy atom. The summed E-state index contributed by atoms with van der Waals surface area (Å²) in [6.07, 6.45) is 3.41. The van der Waals surface area contributed by atoms with Crippen molar-refractivity contribution in [3.63, 3.8) is 0 Å². The van der Waals surface area contributed by atoms with Crippen LogP contribution in [0.5, 0.6) is 0 Å². The van der Waals surface area contributed by atoms with Gasteiger partial charge in [-0.2, -0.15) is 0 Å². The fraction of sp³-hybridized carbons (Fsp3) is 0.250. The molecule has 2 aromatic rings. The topological polar surface area (TPSA) is 29.1 Å². The molecular weight excluding hydrogens is 270 g/mol. The fourth-order valence-corrected chi connectivity index (χ4v) is 2.29. The Morgan fingerprint density at radius 1 is 1.05 bits per heavy atom. The van der Waals surface area contributed by atoms with Gasteiger partial charge in [-0.15, -0.1) is 0 Å². The number of amides is 1. The third kappa shape index (κ3) is 4.32. The summed E-state index contributed by atoms with van der Waals surface area (Å²) in [6, 6.07) is 14.3. The number of carbonyl (C=O) groups excluding carboxylic acids is 1. The van der Waals surface area contributed by atoms with Gasteiger partial charge in [-0.25, -0.2) is 0 Å². The van der Waals surface area contributed by atoms with Crippen molar-refractivity contribution in [2.24, 2.45) is 0 Å². The highest BCUT2D eigenvalue weighted by molar-refractivity contribution is 6.02. The van der Waals surface area contributed by atoms with Gasteiger partial charge in [0.1, 0.15) is 0 Å². The van der Waals surface area contributed by atoms with Gasteiger partial charge in [0.05, 0.1) is 0 Å². The molecule has 2 aromatic carbocycles. The van der Waals surface area contributed by atoms with Crippen LogP contribution in [-0.4, -0.2) is 5.91 Å². The van der Waals surface area contributed by atoms with Crippen molar-refractivity contribution in [2.45, 2.75) is 33.6 Å². The molecule has 0 unspecified atom stereocenters. The number of carbonyl (C=O) groups is 1. The molecule has 0 radical (unpaired) electrons. The van der Waals surface area contributed by atoms with E-state index in [1.807, 2.05) is 44.2 Å². The minimum Gasteiger partial charge on any atom is -0.322 e. The summed E-state index contributed by atoms with van der Waals surface area (Å²) in [6.45, 7) is 8.38. The van der Waals surface area contributed by atoms with E-state index in [-0.39, 0.29) is 5.91 Å². The lowest BCUT2D eigenvalue weighted by molar-refractivity contribution is -0.111. The van der Waals surface area contributed by atoms with Crippen LogP contribution in [0.3, 0.4) is 0 Å². The molecule has 0 spiro atoms. The van der Waals surface area contributed by atoms with Gasteiger partial charge in [-0.1, -0.05) is 55.8 Å². The molecule has 0 bridgehead atoms. The highest BCUT2D eigenvalue weighted by Crippen LogP contribution is 2.17. The predicted octanol–water partition coefficient (Wildman–Crippen LogP) is 5.08. The maximum atomic E-state index is 12.0. The molecule has 0 saturated carbocycles. The zero-order valence-corrected chi connectivity index (χ0v) is 13.7. The summed E-state index contributed by atoms with van der Waals surface area (Å²) in [5.41, 5.74) is 5.45. The van der Waals surface area contributed by atoms with Crippen LogP contribution in [0.4, 0.5) is 5.69 Å². The number of hydrogen-bond donors (Lipinski definition) is 1. The first kappa shape index (κ1) is 16.0. The Hall–Kier alpha value is -2.35. The predicted molar refractivity (Wildman–Crippen MR) is 94.1 cm³/mol. The second kappa shape index (κ2) is 7.08. The van der Waals surface area contributed by atoms with Crippen LogP contribution >= 0.6 is 0 Å². The fourth-order valence-electron chi connectivity index (χ4n) is 2.29. The highest BCUT2D eigenvalue weighted by Gasteiger charge is 2.02. The first-order valence-corrected chi connectivity index (χ1v) is 7.62. The van der Waals surface area contributed by atoms with Crippen LogP contribution in [-0.2, 0) is 4.79 Å². The molecular formula is C20H23NO. The minimum atomic E-state index is -0.111. The molecule has 1 amide bonds. The van der Waals surface area contributed by atoms with Crippen LogP contribution in [0.25, 0.3) is 6.08 Å². The molecule has 2 heteroatoms. The van der Waals surface area contributed by atoms with E-state index in [2.05, 4.69) is 37.4 Å². The van der Waals surface area contributed by atoms with Gasteiger partial charge in [0, 0.05) is 11.8 Å². The molecule has 114 valence electrons. The van der Waals surface area contributed by atoms with E-state index in [4.69, 9.17) is 0 Å². The van der Waals surface area contributed by atoms with Crippen molar-refractivity contribution in [2.75, 3.05) is 5.32 Å². The summed E-state index contributed by atoms with van der Waals surface area (Å²) in [5, 5.41) is 2.91. The molecule has 0 aliphatic carbocycles. The molecule has 1 N–H and O–H groups in total. The number of nitrogens with one attached hydrogen (secondary N) is 1. The summed E-state index contributed by atoms with van der Waals surface area (Å²) in [5.74, 6) is 0.408. The van der Waals surface area contributed by atoms with Gasteiger partial charge in [0.15, 0.2) is 0 Å². The smallest absolute Gasteiger partial charge is 0.248 e. The third-order valence-corrected chi connectivity index (χ3v) is 3.67. The lowest BCUT2D eigenvalue weighted by Crippen LogP contribution is -2.08. The zero-order chi connectivity index (χ0) is 16.1. The summed E-state index contributed by atoms with van der Waals surface area (Å²) < 4.78 is 0. The number of aryl methyl sites for hydroxylation is 2. The second-order valence-electron chi connectivity index (χ2n) is 5.96. The molecule has 2 nitrogen and oxygen atoms in total. The molecule has 22 heavy (non-hydrogen) atoms. The molecule has 2 rings (SSSR count). The van der Waals surface area contributed by atoms with Crippen LogP contribution < -0.4 is 5.32 Å². The minimum absolute atomic E-state index is 0.111. The Kier molecular flexibility index (Phi) is 5.16. The van der Waals surface area contributed by atoms with Crippen molar-refractivity contribution in [1.29, 1.82) is 0 Å². The molecule has 0 fully saturated rings. The number of hydrogen-bond acceptors (Lipinski definition) is 1. The normalized spacial score (nSPS) is 11.1.